The quantitative estimate of drug-likeness (QED) is 0.548. The summed E-state index contributed by atoms with van der Waals surface area (Å²) in [5.74, 6) is -0.720. The van der Waals surface area contributed by atoms with E-state index in [0.717, 1.165) is 13.0 Å². The van der Waals surface area contributed by atoms with Gasteiger partial charge in [0, 0.05) is 6.92 Å². The van der Waals surface area contributed by atoms with E-state index in [4.69, 9.17) is 4.74 Å². The molecule has 0 N–H and O–H groups in total. The topological polar surface area (TPSA) is 26.3 Å². The number of alkyl halides is 6. The van der Waals surface area contributed by atoms with Gasteiger partial charge in [0.2, 0.25) is 0 Å². The summed E-state index contributed by atoms with van der Waals surface area (Å²) >= 11 is 0. The lowest BCUT2D eigenvalue weighted by molar-refractivity contribution is -0.163. The van der Waals surface area contributed by atoms with Crippen LogP contribution in [0.2, 0.25) is 0 Å². The summed E-state index contributed by atoms with van der Waals surface area (Å²) in [4.78, 5) is 11.2. The standard InChI is InChI=1S/C15H16F6O2/c1-4-13(5-2,23-9(3)22)10-6-7-11(14(16,17)18)12(8-10)15(19,20)21/h6-8H,4-5H2,1-3H3. The highest BCUT2D eigenvalue weighted by Gasteiger charge is 2.44. The average Bonchev–Trinajstić information content (AvgIpc) is 2.42. The van der Waals surface area contributed by atoms with E-state index in [2.05, 4.69) is 0 Å². The van der Waals surface area contributed by atoms with Gasteiger partial charge < -0.3 is 4.74 Å². The number of ether oxygens (including phenoxy) is 1. The lowest BCUT2D eigenvalue weighted by atomic mass is 9.86. The maximum absolute atomic E-state index is 13.0. The predicted octanol–water partition coefficient (Wildman–Crippen LogP) is 5.30. The van der Waals surface area contributed by atoms with Gasteiger partial charge in [-0.05, 0) is 30.5 Å². The van der Waals surface area contributed by atoms with E-state index in [1.165, 1.54) is 0 Å². The molecule has 0 aliphatic carbocycles. The lowest BCUT2D eigenvalue weighted by Gasteiger charge is -2.32. The van der Waals surface area contributed by atoms with Crippen molar-refractivity contribution in [3.8, 4) is 0 Å². The first-order valence-electron chi connectivity index (χ1n) is 6.86. The molecule has 1 aromatic carbocycles. The van der Waals surface area contributed by atoms with Gasteiger partial charge >= 0.3 is 18.3 Å². The summed E-state index contributed by atoms with van der Waals surface area (Å²) in [6, 6.07) is 1.72. The summed E-state index contributed by atoms with van der Waals surface area (Å²) < 4.78 is 82.5. The minimum atomic E-state index is -5.18. The third-order valence-corrected chi connectivity index (χ3v) is 3.64. The number of rotatable bonds is 4. The third-order valence-electron chi connectivity index (χ3n) is 3.64. The van der Waals surface area contributed by atoms with Crippen LogP contribution in [-0.4, -0.2) is 5.97 Å². The molecule has 0 atom stereocenters. The number of hydrogen-bond donors (Lipinski definition) is 0. The fraction of sp³-hybridized carbons (Fsp3) is 0.533. The fourth-order valence-corrected chi connectivity index (χ4v) is 2.45. The lowest BCUT2D eigenvalue weighted by Crippen LogP contribution is -2.31. The Morgan fingerprint density at radius 3 is 1.78 bits per heavy atom. The second-order valence-corrected chi connectivity index (χ2v) is 5.05. The van der Waals surface area contributed by atoms with E-state index >= 15 is 0 Å². The van der Waals surface area contributed by atoms with Crippen molar-refractivity contribution in [2.24, 2.45) is 0 Å². The monoisotopic (exact) mass is 342 g/mol. The molecule has 0 spiro atoms. The first-order valence-corrected chi connectivity index (χ1v) is 6.86. The molecular weight excluding hydrogens is 326 g/mol. The van der Waals surface area contributed by atoms with Crippen LogP contribution in [0.3, 0.4) is 0 Å². The molecule has 1 aromatic rings. The largest absolute Gasteiger partial charge is 0.454 e. The zero-order valence-corrected chi connectivity index (χ0v) is 12.7. The molecule has 0 aromatic heterocycles. The highest BCUT2D eigenvalue weighted by Crippen LogP contribution is 2.43. The van der Waals surface area contributed by atoms with E-state index in [-0.39, 0.29) is 18.4 Å². The normalized spacial score (nSPS) is 13.1. The molecule has 0 heterocycles. The third kappa shape index (κ3) is 4.17. The molecule has 0 aliphatic rings. The molecule has 0 fully saturated rings. The molecule has 0 saturated carbocycles. The van der Waals surface area contributed by atoms with Gasteiger partial charge in [-0.15, -0.1) is 0 Å². The SMILES string of the molecule is CCC(CC)(OC(C)=O)c1ccc(C(F)(F)F)c(C(F)(F)F)c1. The maximum atomic E-state index is 13.0. The van der Waals surface area contributed by atoms with E-state index < -0.39 is 35.0 Å². The molecule has 8 heteroatoms. The van der Waals surface area contributed by atoms with Crippen LogP contribution in [0.4, 0.5) is 26.3 Å². The Hall–Kier alpha value is -1.73. The highest BCUT2D eigenvalue weighted by molar-refractivity contribution is 5.67. The van der Waals surface area contributed by atoms with Gasteiger partial charge in [-0.3, -0.25) is 4.79 Å². The van der Waals surface area contributed by atoms with Crippen molar-refractivity contribution >= 4 is 5.97 Å². The van der Waals surface area contributed by atoms with Crippen molar-refractivity contribution in [1.29, 1.82) is 0 Å². The van der Waals surface area contributed by atoms with E-state index in [1.807, 2.05) is 0 Å². The number of hydrogen-bond acceptors (Lipinski definition) is 2. The van der Waals surface area contributed by atoms with Crippen LogP contribution >= 0.6 is 0 Å². The second-order valence-electron chi connectivity index (χ2n) is 5.05. The van der Waals surface area contributed by atoms with Crippen LogP contribution in [0.1, 0.15) is 50.3 Å². The van der Waals surface area contributed by atoms with Crippen LogP contribution in [0.15, 0.2) is 18.2 Å². The van der Waals surface area contributed by atoms with Crippen molar-refractivity contribution in [3.63, 3.8) is 0 Å². The Bertz CT molecular complexity index is 570. The Kier molecular flexibility index (Phi) is 5.38. The first kappa shape index (κ1) is 19.3. The van der Waals surface area contributed by atoms with Crippen molar-refractivity contribution in [2.45, 2.75) is 51.6 Å². The van der Waals surface area contributed by atoms with Crippen LogP contribution < -0.4 is 0 Å². The van der Waals surface area contributed by atoms with Crippen molar-refractivity contribution in [3.05, 3.63) is 34.9 Å². The van der Waals surface area contributed by atoms with Crippen LogP contribution in [0.25, 0.3) is 0 Å². The number of benzene rings is 1. The molecule has 0 saturated heterocycles. The van der Waals surface area contributed by atoms with Gasteiger partial charge in [-0.1, -0.05) is 19.9 Å². The van der Waals surface area contributed by atoms with Crippen molar-refractivity contribution in [1.82, 2.24) is 0 Å². The van der Waals surface area contributed by atoms with Gasteiger partial charge in [0.15, 0.2) is 0 Å². The smallest absolute Gasteiger partial charge is 0.417 e. The van der Waals surface area contributed by atoms with Gasteiger partial charge in [-0.25, -0.2) is 0 Å². The first-order chi connectivity index (χ1) is 10.4. The summed E-state index contributed by atoms with van der Waals surface area (Å²) in [5.41, 5.74) is -5.06. The molecule has 2 nitrogen and oxygen atoms in total. The minimum absolute atomic E-state index is 0.113. The Balaban J connectivity index is 3.59. The summed E-state index contributed by atoms with van der Waals surface area (Å²) in [6.45, 7) is 4.25. The summed E-state index contributed by atoms with van der Waals surface area (Å²) in [6.07, 6.45) is -10.0. The number of esters is 1. The van der Waals surface area contributed by atoms with E-state index in [0.29, 0.717) is 12.1 Å². The van der Waals surface area contributed by atoms with Crippen molar-refractivity contribution in [2.75, 3.05) is 0 Å². The van der Waals surface area contributed by atoms with Gasteiger partial charge in [0.1, 0.15) is 5.60 Å². The van der Waals surface area contributed by atoms with Crippen LogP contribution in [-0.2, 0) is 27.5 Å². The zero-order valence-electron chi connectivity index (χ0n) is 12.7. The number of halogens is 6. The molecule has 23 heavy (non-hydrogen) atoms. The molecule has 1 rings (SSSR count). The van der Waals surface area contributed by atoms with E-state index in [1.54, 1.807) is 13.8 Å². The predicted molar refractivity (Wildman–Crippen MR) is 70.5 cm³/mol. The van der Waals surface area contributed by atoms with Crippen LogP contribution in [0.5, 0.6) is 0 Å². The van der Waals surface area contributed by atoms with Crippen LogP contribution in [0, 0.1) is 0 Å². The average molecular weight is 342 g/mol. The minimum Gasteiger partial charge on any atom is -0.454 e. The van der Waals surface area contributed by atoms with Gasteiger partial charge in [0.25, 0.3) is 0 Å². The van der Waals surface area contributed by atoms with Crippen molar-refractivity contribution < 1.29 is 35.9 Å². The molecule has 0 radical (unpaired) electrons. The van der Waals surface area contributed by atoms with E-state index in [9.17, 15) is 31.1 Å². The number of carbonyl (C=O) groups is 1. The Labute approximate surface area is 129 Å². The number of carbonyl (C=O) groups excluding carboxylic acids is 1. The molecule has 0 bridgehead atoms. The zero-order chi connectivity index (χ0) is 18.1. The molecule has 0 amide bonds. The fourth-order valence-electron chi connectivity index (χ4n) is 2.45. The summed E-state index contributed by atoms with van der Waals surface area (Å²) in [7, 11) is 0. The molecule has 0 unspecified atom stereocenters. The van der Waals surface area contributed by atoms with Gasteiger partial charge in [-0.2, -0.15) is 26.3 Å². The second kappa shape index (κ2) is 6.41. The molecule has 0 aliphatic heterocycles. The summed E-state index contributed by atoms with van der Waals surface area (Å²) in [5, 5.41) is 0. The van der Waals surface area contributed by atoms with Gasteiger partial charge in [0.05, 0.1) is 11.1 Å². The molecular formula is C15H16F6O2. The maximum Gasteiger partial charge on any atom is 0.417 e. The highest BCUT2D eigenvalue weighted by atomic mass is 19.4. The molecule has 130 valence electrons. The Morgan fingerprint density at radius 1 is 0.957 bits per heavy atom. The Morgan fingerprint density at radius 2 is 1.43 bits per heavy atom.